The second-order valence-electron chi connectivity index (χ2n) is 5.29. The van der Waals surface area contributed by atoms with Crippen molar-refractivity contribution in [3.63, 3.8) is 0 Å². The van der Waals surface area contributed by atoms with E-state index in [-0.39, 0.29) is 11.4 Å². The first-order chi connectivity index (χ1) is 11.6. The van der Waals surface area contributed by atoms with Gasteiger partial charge in [0.2, 0.25) is 0 Å². The summed E-state index contributed by atoms with van der Waals surface area (Å²) in [5, 5.41) is 23.9. The molecular formula is C17H15N3O4. The van der Waals surface area contributed by atoms with E-state index in [1.807, 2.05) is 6.08 Å². The smallest absolute Gasteiger partial charge is 0.270 e. The second-order valence-corrected chi connectivity index (χ2v) is 5.29. The molecule has 0 aliphatic carbocycles. The maximum atomic E-state index is 11.5. The number of hydrogen-bond acceptors (Lipinski definition) is 6. The standard InChI is InChI=1S/C17H15N3O4/c21-11-17-18-14(12-4-3-5-13(10-12)20(23)24)8-9-19(17)15-6-1-2-7-16(15)22/h1-8,10-11,17-18,22H,9H2. The molecule has 0 radical (unpaired) electrons. The Labute approximate surface area is 138 Å². The molecule has 0 bridgehead atoms. The second kappa shape index (κ2) is 6.41. The normalized spacial score (nSPS) is 16.9. The van der Waals surface area contributed by atoms with E-state index in [2.05, 4.69) is 5.32 Å². The number of carbonyl (C=O) groups is 1. The summed E-state index contributed by atoms with van der Waals surface area (Å²) in [6.45, 7) is 0.381. The topological polar surface area (TPSA) is 95.7 Å². The van der Waals surface area contributed by atoms with Gasteiger partial charge in [-0.15, -0.1) is 0 Å². The average Bonchev–Trinajstić information content (AvgIpc) is 2.62. The molecule has 122 valence electrons. The number of nitro groups is 1. The van der Waals surface area contributed by atoms with E-state index >= 15 is 0 Å². The molecule has 2 aromatic rings. The third kappa shape index (κ3) is 2.91. The first-order valence-electron chi connectivity index (χ1n) is 7.31. The summed E-state index contributed by atoms with van der Waals surface area (Å²) in [5.41, 5.74) is 1.80. The van der Waals surface area contributed by atoms with Gasteiger partial charge in [0.25, 0.3) is 5.69 Å². The van der Waals surface area contributed by atoms with Crippen molar-refractivity contribution < 1.29 is 14.8 Å². The highest BCUT2D eigenvalue weighted by Crippen LogP contribution is 2.30. The van der Waals surface area contributed by atoms with Crippen LogP contribution in [0.4, 0.5) is 11.4 Å². The van der Waals surface area contributed by atoms with E-state index in [1.165, 1.54) is 12.1 Å². The lowest BCUT2D eigenvalue weighted by atomic mass is 10.1. The van der Waals surface area contributed by atoms with Crippen LogP contribution < -0.4 is 10.2 Å². The van der Waals surface area contributed by atoms with Gasteiger partial charge in [0, 0.05) is 29.9 Å². The van der Waals surface area contributed by atoms with Crippen molar-refractivity contribution in [1.82, 2.24) is 5.32 Å². The fourth-order valence-corrected chi connectivity index (χ4v) is 2.65. The summed E-state index contributed by atoms with van der Waals surface area (Å²) in [5.74, 6) is 0.0818. The van der Waals surface area contributed by atoms with E-state index in [9.17, 15) is 20.0 Å². The molecule has 2 aromatic carbocycles. The molecule has 1 heterocycles. The summed E-state index contributed by atoms with van der Waals surface area (Å²) >= 11 is 0. The average molecular weight is 325 g/mol. The van der Waals surface area contributed by atoms with Crippen LogP contribution >= 0.6 is 0 Å². The van der Waals surface area contributed by atoms with E-state index < -0.39 is 11.1 Å². The van der Waals surface area contributed by atoms with Crippen LogP contribution in [0.5, 0.6) is 5.75 Å². The molecule has 7 heteroatoms. The fourth-order valence-electron chi connectivity index (χ4n) is 2.65. The number of para-hydroxylation sites is 2. The van der Waals surface area contributed by atoms with Crippen molar-refractivity contribution in [3.8, 4) is 5.75 Å². The molecule has 7 nitrogen and oxygen atoms in total. The number of phenols is 1. The number of nitro benzene ring substituents is 1. The third-order valence-corrected chi connectivity index (χ3v) is 3.82. The van der Waals surface area contributed by atoms with Gasteiger partial charge in [-0.25, -0.2) is 0 Å². The Hall–Kier alpha value is -3.35. The Morgan fingerprint density at radius 1 is 1.25 bits per heavy atom. The van der Waals surface area contributed by atoms with Gasteiger partial charge in [0.15, 0.2) is 12.5 Å². The summed E-state index contributed by atoms with van der Waals surface area (Å²) in [4.78, 5) is 23.6. The summed E-state index contributed by atoms with van der Waals surface area (Å²) in [6, 6.07) is 13.0. The van der Waals surface area contributed by atoms with E-state index in [0.29, 0.717) is 23.5 Å². The Morgan fingerprint density at radius 3 is 2.75 bits per heavy atom. The number of aldehydes is 1. The number of carbonyl (C=O) groups excluding carboxylic acids is 1. The number of nitrogens with zero attached hydrogens (tertiary/aromatic N) is 2. The molecule has 0 spiro atoms. The van der Waals surface area contributed by atoms with Crippen molar-refractivity contribution in [3.05, 3.63) is 70.3 Å². The van der Waals surface area contributed by atoms with Crippen molar-refractivity contribution in [1.29, 1.82) is 0 Å². The fraction of sp³-hybridized carbons (Fsp3) is 0.118. The Bertz CT molecular complexity index is 819. The Morgan fingerprint density at radius 2 is 2.04 bits per heavy atom. The van der Waals surface area contributed by atoms with Gasteiger partial charge in [0.05, 0.1) is 10.6 Å². The van der Waals surface area contributed by atoms with Crippen molar-refractivity contribution in [2.24, 2.45) is 0 Å². The van der Waals surface area contributed by atoms with Gasteiger partial charge in [-0.2, -0.15) is 0 Å². The highest BCUT2D eigenvalue weighted by atomic mass is 16.6. The number of rotatable bonds is 4. The third-order valence-electron chi connectivity index (χ3n) is 3.82. The maximum absolute atomic E-state index is 11.5. The molecule has 0 aromatic heterocycles. The summed E-state index contributed by atoms with van der Waals surface area (Å²) < 4.78 is 0. The summed E-state index contributed by atoms with van der Waals surface area (Å²) in [6.07, 6.45) is 1.88. The van der Waals surface area contributed by atoms with Gasteiger partial charge in [-0.05, 0) is 18.2 Å². The van der Waals surface area contributed by atoms with E-state index in [0.717, 1.165) is 6.29 Å². The van der Waals surface area contributed by atoms with Crippen LogP contribution in [0.2, 0.25) is 0 Å². The predicted molar refractivity (Wildman–Crippen MR) is 89.5 cm³/mol. The monoisotopic (exact) mass is 325 g/mol. The molecular weight excluding hydrogens is 310 g/mol. The van der Waals surface area contributed by atoms with Gasteiger partial charge < -0.3 is 15.3 Å². The zero-order valence-electron chi connectivity index (χ0n) is 12.6. The minimum Gasteiger partial charge on any atom is -0.506 e. The molecule has 0 saturated heterocycles. The van der Waals surface area contributed by atoms with Crippen LogP contribution in [0.25, 0.3) is 5.70 Å². The first-order valence-corrected chi connectivity index (χ1v) is 7.31. The molecule has 24 heavy (non-hydrogen) atoms. The SMILES string of the molecule is O=CC1NC(c2cccc([N+](=O)[O-])c2)=CCN1c1ccccc1O. The Kier molecular flexibility index (Phi) is 4.15. The largest absolute Gasteiger partial charge is 0.506 e. The molecule has 0 fully saturated rings. The van der Waals surface area contributed by atoms with Crippen LogP contribution in [0.3, 0.4) is 0 Å². The van der Waals surface area contributed by atoms with Crippen LogP contribution in [0.1, 0.15) is 5.56 Å². The zero-order valence-corrected chi connectivity index (χ0v) is 12.6. The minimum atomic E-state index is -0.683. The highest BCUT2D eigenvalue weighted by molar-refractivity contribution is 5.77. The summed E-state index contributed by atoms with van der Waals surface area (Å²) in [7, 11) is 0. The molecule has 3 rings (SSSR count). The van der Waals surface area contributed by atoms with Crippen molar-refractivity contribution in [2.75, 3.05) is 11.4 Å². The van der Waals surface area contributed by atoms with Crippen LogP contribution in [0.15, 0.2) is 54.6 Å². The van der Waals surface area contributed by atoms with E-state index in [4.69, 9.17) is 0 Å². The molecule has 1 unspecified atom stereocenters. The number of non-ortho nitro benzene ring substituents is 1. The molecule has 1 aliphatic rings. The van der Waals surface area contributed by atoms with Crippen molar-refractivity contribution in [2.45, 2.75) is 6.17 Å². The number of nitrogens with one attached hydrogen (secondary N) is 1. The number of phenolic OH excluding ortho intramolecular Hbond substituents is 1. The lowest BCUT2D eigenvalue weighted by molar-refractivity contribution is -0.384. The first kappa shape index (κ1) is 15.5. The van der Waals surface area contributed by atoms with Gasteiger partial charge in [-0.1, -0.05) is 24.3 Å². The maximum Gasteiger partial charge on any atom is 0.270 e. The van der Waals surface area contributed by atoms with Crippen molar-refractivity contribution >= 4 is 23.4 Å². The number of benzene rings is 2. The van der Waals surface area contributed by atoms with Crippen LogP contribution in [0, 0.1) is 10.1 Å². The zero-order chi connectivity index (χ0) is 17.1. The molecule has 2 N–H and O–H groups in total. The van der Waals surface area contributed by atoms with Gasteiger partial charge in [0.1, 0.15) is 5.75 Å². The molecule has 1 aliphatic heterocycles. The number of aromatic hydroxyl groups is 1. The molecule has 1 atom stereocenters. The molecule has 0 saturated carbocycles. The lowest BCUT2D eigenvalue weighted by Crippen LogP contribution is -2.49. The van der Waals surface area contributed by atoms with Gasteiger partial charge >= 0.3 is 0 Å². The molecule has 0 amide bonds. The van der Waals surface area contributed by atoms with Crippen LogP contribution in [-0.2, 0) is 4.79 Å². The quantitative estimate of drug-likeness (QED) is 0.509. The number of anilines is 1. The lowest BCUT2D eigenvalue weighted by Gasteiger charge is -2.35. The van der Waals surface area contributed by atoms with Gasteiger partial charge in [-0.3, -0.25) is 14.9 Å². The Balaban J connectivity index is 1.92. The minimum absolute atomic E-state index is 0.0130. The number of hydrogen-bond donors (Lipinski definition) is 2. The van der Waals surface area contributed by atoms with E-state index in [1.54, 1.807) is 41.3 Å². The van der Waals surface area contributed by atoms with Crippen LogP contribution in [-0.4, -0.2) is 29.0 Å². The highest BCUT2D eigenvalue weighted by Gasteiger charge is 2.25. The predicted octanol–water partition coefficient (Wildman–Crippen LogP) is 2.28.